The third kappa shape index (κ3) is 4.07. The van der Waals surface area contributed by atoms with E-state index >= 15 is 0 Å². The molecule has 0 spiro atoms. The van der Waals surface area contributed by atoms with Gasteiger partial charge >= 0.3 is 6.36 Å². The number of aromatic nitrogens is 1. The molecule has 2 atom stereocenters. The molecule has 1 N–H and O–H groups in total. The van der Waals surface area contributed by atoms with Crippen LogP contribution in [0.2, 0.25) is 0 Å². The zero-order valence-corrected chi connectivity index (χ0v) is 16.8. The number of alkyl halides is 3. The van der Waals surface area contributed by atoms with Crippen molar-refractivity contribution < 1.29 is 27.2 Å². The molecule has 1 aromatic carbocycles. The second-order valence-corrected chi connectivity index (χ2v) is 8.98. The lowest BCUT2D eigenvalue weighted by atomic mass is 9.89. The molecule has 0 amide bonds. The van der Waals surface area contributed by atoms with Gasteiger partial charge in [-0.05, 0) is 57.6 Å². The molecule has 162 valence electrons. The minimum absolute atomic E-state index is 0.262. The Bertz CT molecular complexity index is 911. The predicted molar refractivity (Wildman–Crippen MR) is 103 cm³/mol. The van der Waals surface area contributed by atoms with Crippen LogP contribution >= 0.6 is 0 Å². The number of halogens is 3. The molecule has 3 aliphatic rings. The SMILES string of the molecule is CC1(OCc2c(-c3ccccc3OC(F)(F)F)noc2C2CC2)CC2CCC(C1)N2. The maximum atomic E-state index is 12.9. The van der Waals surface area contributed by atoms with E-state index in [1.54, 1.807) is 12.1 Å². The van der Waals surface area contributed by atoms with Gasteiger partial charge in [0.25, 0.3) is 0 Å². The Labute approximate surface area is 172 Å². The molecule has 2 bridgehead atoms. The van der Waals surface area contributed by atoms with Crippen molar-refractivity contribution in [2.45, 2.75) is 82.0 Å². The quantitative estimate of drug-likeness (QED) is 0.684. The smallest absolute Gasteiger partial charge is 0.405 e. The number of nitrogens with zero attached hydrogens (tertiary/aromatic N) is 1. The number of ether oxygens (including phenoxy) is 2. The first kappa shape index (κ1) is 19.9. The zero-order valence-electron chi connectivity index (χ0n) is 16.8. The van der Waals surface area contributed by atoms with E-state index in [9.17, 15) is 13.2 Å². The van der Waals surface area contributed by atoms with Crippen LogP contribution in [0, 0.1) is 0 Å². The number of benzene rings is 1. The Morgan fingerprint density at radius 2 is 1.83 bits per heavy atom. The summed E-state index contributed by atoms with van der Waals surface area (Å²) in [6.07, 6.45) is 1.39. The van der Waals surface area contributed by atoms with Gasteiger partial charge in [0.2, 0.25) is 0 Å². The fourth-order valence-electron chi connectivity index (χ4n) is 4.93. The van der Waals surface area contributed by atoms with Gasteiger partial charge in [-0.3, -0.25) is 0 Å². The number of nitrogens with one attached hydrogen (secondary N) is 1. The summed E-state index contributed by atoms with van der Waals surface area (Å²) in [5.41, 5.74) is 1.11. The number of hydrogen-bond donors (Lipinski definition) is 1. The van der Waals surface area contributed by atoms with E-state index < -0.39 is 6.36 Å². The summed E-state index contributed by atoms with van der Waals surface area (Å²) in [7, 11) is 0. The molecule has 1 aliphatic carbocycles. The number of rotatable bonds is 6. The molecular weight excluding hydrogens is 397 g/mol. The number of fused-ring (bicyclic) bond motifs is 2. The summed E-state index contributed by atoms with van der Waals surface area (Å²) in [6.45, 7) is 2.39. The highest BCUT2D eigenvalue weighted by molar-refractivity contribution is 5.70. The van der Waals surface area contributed by atoms with Crippen LogP contribution in [0.25, 0.3) is 11.3 Å². The number of para-hydroxylation sites is 1. The number of piperidine rings is 1. The Hall–Kier alpha value is -2.06. The van der Waals surface area contributed by atoms with Crippen LogP contribution in [0.1, 0.15) is 62.7 Å². The third-order valence-corrected chi connectivity index (χ3v) is 6.39. The van der Waals surface area contributed by atoms with Gasteiger partial charge in [-0.15, -0.1) is 13.2 Å². The minimum Gasteiger partial charge on any atom is -0.405 e. The Morgan fingerprint density at radius 3 is 2.50 bits per heavy atom. The average molecular weight is 422 g/mol. The van der Waals surface area contributed by atoms with Crippen molar-refractivity contribution in [3.63, 3.8) is 0 Å². The zero-order chi connectivity index (χ0) is 20.9. The normalized spacial score (nSPS) is 28.7. The van der Waals surface area contributed by atoms with E-state index in [0.29, 0.717) is 17.8 Å². The topological polar surface area (TPSA) is 56.5 Å². The van der Waals surface area contributed by atoms with E-state index in [-0.39, 0.29) is 29.4 Å². The van der Waals surface area contributed by atoms with Gasteiger partial charge in [0.15, 0.2) is 0 Å². The molecule has 3 fully saturated rings. The van der Waals surface area contributed by atoms with E-state index in [1.165, 1.54) is 12.1 Å². The largest absolute Gasteiger partial charge is 0.573 e. The first-order valence-corrected chi connectivity index (χ1v) is 10.5. The van der Waals surface area contributed by atoms with Crippen molar-refractivity contribution in [3.8, 4) is 17.0 Å². The molecule has 2 saturated heterocycles. The molecule has 2 aromatic rings. The Kier molecular flexibility index (Phi) is 4.82. The molecule has 3 heterocycles. The Balaban J connectivity index is 1.44. The van der Waals surface area contributed by atoms with Crippen LogP contribution in [0.15, 0.2) is 28.8 Å². The van der Waals surface area contributed by atoms with Crippen molar-refractivity contribution in [2.24, 2.45) is 0 Å². The number of hydrogen-bond acceptors (Lipinski definition) is 5. The molecule has 5 rings (SSSR count). The van der Waals surface area contributed by atoms with E-state index in [4.69, 9.17) is 9.26 Å². The highest BCUT2D eigenvalue weighted by atomic mass is 19.4. The molecule has 8 heteroatoms. The van der Waals surface area contributed by atoms with Crippen LogP contribution in [-0.2, 0) is 11.3 Å². The van der Waals surface area contributed by atoms with Gasteiger partial charge in [-0.2, -0.15) is 0 Å². The van der Waals surface area contributed by atoms with Crippen LogP contribution in [0.5, 0.6) is 5.75 Å². The van der Waals surface area contributed by atoms with Crippen molar-refractivity contribution >= 4 is 0 Å². The highest BCUT2D eigenvalue weighted by Gasteiger charge is 2.42. The summed E-state index contributed by atoms with van der Waals surface area (Å²) in [6, 6.07) is 6.99. The van der Waals surface area contributed by atoms with E-state index in [2.05, 4.69) is 22.1 Å². The molecule has 1 saturated carbocycles. The lowest BCUT2D eigenvalue weighted by molar-refractivity contribution is -0.274. The molecular formula is C22H25F3N2O3. The second kappa shape index (κ2) is 7.27. The van der Waals surface area contributed by atoms with Gasteiger partial charge < -0.3 is 19.3 Å². The van der Waals surface area contributed by atoms with Gasteiger partial charge in [0.05, 0.1) is 12.2 Å². The lowest BCUT2D eigenvalue weighted by Crippen LogP contribution is -2.48. The monoisotopic (exact) mass is 422 g/mol. The molecule has 1 aromatic heterocycles. The van der Waals surface area contributed by atoms with Crippen molar-refractivity contribution in [1.82, 2.24) is 10.5 Å². The third-order valence-electron chi connectivity index (χ3n) is 6.39. The maximum absolute atomic E-state index is 12.9. The average Bonchev–Trinajstić information content (AvgIpc) is 3.34. The van der Waals surface area contributed by atoms with Crippen LogP contribution < -0.4 is 10.1 Å². The highest BCUT2D eigenvalue weighted by Crippen LogP contribution is 2.46. The molecule has 2 unspecified atom stereocenters. The van der Waals surface area contributed by atoms with Gasteiger partial charge in [-0.1, -0.05) is 17.3 Å². The summed E-state index contributed by atoms with van der Waals surface area (Å²) in [4.78, 5) is 0. The fourth-order valence-corrected chi connectivity index (χ4v) is 4.93. The Morgan fingerprint density at radius 1 is 1.13 bits per heavy atom. The summed E-state index contributed by atoms with van der Waals surface area (Å²) < 4.78 is 55.0. The standard InChI is InChI=1S/C22H25F3N2O3/c1-21(10-14-8-9-15(11-21)26-14)28-12-17-19(27-30-20(17)13-6-7-13)16-4-2-3-5-18(16)29-22(23,24)25/h2-5,13-15,26H,6-12H2,1H3. The lowest BCUT2D eigenvalue weighted by Gasteiger charge is -2.38. The first-order valence-electron chi connectivity index (χ1n) is 10.5. The predicted octanol–water partition coefficient (Wildman–Crippen LogP) is 5.31. The van der Waals surface area contributed by atoms with Gasteiger partial charge in [-0.25, -0.2) is 0 Å². The second-order valence-electron chi connectivity index (χ2n) is 8.98. The summed E-state index contributed by atoms with van der Waals surface area (Å²) in [5.74, 6) is 0.706. The van der Waals surface area contributed by atoms with Crippen LogP contribution in [0.4, 0.5) is 13.2 Å². The van der Waals surface area contributed by atoms with Crippen LogP contribution in [0.3, 0.4) is 0 Å². The van der Waals surface area contributed by atoms with E-state index in [0.717, 1.165) is 49.8 Å². The molecule has 5 nitrogen and oxygen atoms in total. The van der Waals surface area contributed by atoms with Crippen molar-refractivity contribution in [2.75, 3.05) is 0 Å². The summed E-state index contributed by atoms with van der Waals surface area (Å²) >= 11 is 0. The fraction of sp³-hybridized carbons (Fsp3) is 0.591. The first-order chi connectivity index (χ1) is 14.3. The van der Waals surface area contributed by atoms with E-state index in [1.807, 2.05) is 0 Å². The van der Waals surface area contributed by atoms with Crippen LogP contribution in [-0.4, -0.2) is 29.2 Å². The maximum Gasteiger partial charge on any atom is 0.573 e. The molecule has 30 heavy (non-hydrogen) atoms. The van der Waals surface area contributed by atoms with Gasteiger partial charge in [0.1, 0.15) is 17.2 Å². The minimum atomic E-state index is -4.78. The van der Waals surface area contributed by atoms with Gasteiger partial charge in [0, 0.05) is 29.1 Å². The summed E-state index contributed by atoms with van der Waals surface area (Å²) in [5, 5.41) is 7.76. The molecule has 2 aliphatic heterocycles. The van der Waals surface area contributed by atoms with Crippen molar-refractivity contribution in [3.05, 3.63) is 35.6 Å². The molecule has 0 radical (unpaired) electrons. The van der Waals surface area contributed by atoms with Crippen molar-refractivity contribution in [1.29, 1.82) is 0 Å².